The summed E-state index contributed by atoms with van der Waals surface area (Å²) in [5, 5.41) is 0. The lowest BCUT2D eigenvalue weighted by molar-refractivity contribution is 0.414. The second-order valence-corrected chi connectivity index (χ2v) is 5.34. The Kier molecular flexibility index (Phi) is 4.39. The minimum Gasteiger partial charge on any atom is -0.497 e. The molecule has 2 N–H and O–H groups in total. The molecule has 0 amide bonds. The van der Waals surface area contributed by atoms with E-state index in [1.54, 1.807) is 7.11 Å². The van der Waals surface area contributed by atoms with Crippen molar-refractivity contribution in [2.24, 2.45) is 5.73 Å². The van der Waals surface area contributed by atoms with Crippen molar-refractivity contribution in [1.29, 1.82) is 0 Å². The number of nitrogens with two attached hydrogens (primary N) is 1. The zero-order chi connectivity index (χ0) is 15.4. The lowest BCUT2D eigenvalue weighted by Crippen LogP contribution is -2.09. The number of fused-ring (bicyclic) bond motifs is 1. The van der Waals surface area contributed by atoms with Crippen molar-refractivity contribution in [2.75, 3.05) is 13.7 Å². The van der Waals surface area contributed by atoms with Gasteiger partial charge in [0.05, 0.1) is 18.1 Å². The molecule has 3 aromatic rings. The van der Waals surface area contributed by atoms with Gasteiger partial charge < -0.3 is 15.0 Å². The van der Waals surface area contributed by atoms with E-state index < -0.39 is 0 Å². The molecule has 0 spiro atoms. The smallest absolute Gasteiger partial charge is 0.118 e. The quantitative estimate of drug-likeness (QED) is 0.760. The van der Waals surface area contributed by atoms with Crippen LogP contribution in [0.1, 0.15) is 17.8 Å². The molecule has 1 aromatic heterocycles. The third kappa shape index (κ3) is 2.97. The average molecular weight is 295 g/mol. The van der Waals surface area contributed by atoms with E-state index >= 15 is 0 Å². The number of imidazole rings is 1. The summed E-state index contributed by atoms with van der Waals surface area (Å²) in [6, 6.07) is 16.4. The largest absolute Gasteiger partial charge is 0.497 e. The number of hydrogen-bond acceptors (Lipinski definition) is 3. The molecule has 0 unspecified atom stereocenters. The maximum Gasteiger partial charge on any atom is 0.118 e. The van der Waals surface area contributed by atoms with Crippen LogP contribution >= 0.6 is 0 Å². The molecule has 0 saturated heterocycles. The van der Waals surface area contributed by atoms with Crippen LogP contribution in [0.4, 0.5) is 0 Å². The monoisotopic (exact) mass is 295 g/mol. The number of para-hydroxylation sites is 2. The minimum atomic E-state index is 0.689. The van der Waals surface area contributed by atoms with Gasteiger partial charge in [0.1, 0.15) is 11.6 Å². The Bertz CT molecular complexity index is 747. The van der Waals surface area contributed by atoms with Gasteiger partial charge in [-0.05, 0) is 42.8 Å². The van der Waals surface area contributed by atoms with E-state index in [1.807, 2.05) is 18.2 Å². The second-order valence-electron chi connectivity index (χ2n) is 5.34. The number of aromatic nitrogens is 2. The third-order valence-electron chi connectivity index (χ3n) is 3.84. The maximum absolute atomic E-state index is 5.68. The number of ether oxygens (including phenoxy) is 1. The van der Waals surface area contributed by atoms with Crippen molar-refractivity contribution in [2.45, 2.75) is 19.4 Å². The summed E-state index contributed by atoms with van der Waals surface area (Å²) >= 11 is 0. The Morgan fingerprint density at radius 1 is 1.09 bits per heavy atom. The van der Waals surface area contributed by atoms with Crippen molar-refractivity contribution in [3.8, 4) is 5.75 Å². The van der Waals surface area contributed by atoms with Crippen LogP contribution in [0, 0.1) is 0 Å². The molecule has 22 heavy (non-hydrogen) atoms. The summed E-state index contributed by atoms with van der Waals surface area (Å²) in [5.41, 5.74) is 9.13. The number of aryl methyl sites for hydroxylation is 1. The van der Waals surface area contributed by atoms with Crippen molar-refractivity contribution < 1.29 is 4.74 Å². The molecular formula is C18H21N3O. The molecule has 4 heteroatoms. The van der Waals surface area contributed by atoms with Crippen LogP contribution < -0.4 is 10.5 Å². The van der Waals surface area contributed by atoms with Gasteiger partial charge in [0.25, 0.3) is 0 Å². The second kappa shape index (κ2) is 6.62. The first kappa shape index (κ1) is 14.6. The van der Waals surface area contributed by atoms with E-state index in [2.05, 4.69) is 34.9 Å². The fraction of sp³-hybridized carbons (Fsp3) is 0.278. The Hall–Kier alpha value is -2.33. The SMILES string of the molecule is COc1ccc(Cc2nc3ccccc3n2CCCN)cc1. The lowest BCUT2D eigenvalue weighted by Gasteiger charge is -2.09. The lowest BCUT2D eigenvalue weighted by atomic mass is 10.1. The van der Waals surface area contributed by atoms with Gasteiger partial charge in [-0.25, -0.2) is 4.98 Å². The number of methoxy groups -OCH3 is 1. The van der Waals surface area contributed by atoms with Crippen molar-refractivity contribution >= 4 is 11.0 Å². The zero-order valence-corrected chi connectivity index (χ0v) is 12.8. The van der Waals surface area contributed by atoms with Gasteiger partial charge in [-0.2, -0.15) is 0 Å². The molecule has 0 aliphatic heterocycles. The van der Waals surface area contributed by atoms with Gasteiger partial charge >= 0.3 is 0 Å². The molecule has 1 heterocycles. The Morgan fingerprint density at radius 3 is 2.59 bits per heavy atom. The van der Waals surface area contributed by atoms with Crippen molar-refractivity contribution in [1.82, 2.24) is 9.55 Å². The first-order valence-corrected chi connectivity index (χ1v) is 7.59. The molecule has 114 valence electrons. The van der Waals surface area contributed by atoms with E-state index in [4.69, 9.17) is 15.5 Å². The van der Waals surface area contributed by atoms with E-state index in [1.165, 1.54) is 11.1 Å². The topological polar surface area (TPSA) is 53.1 Å². The van der Waals surface area contributed by atoms with Crippen LogP contribution in [0.2, 0.25) is 0 Å². The number of rotatable bonds is 6. The molecule has 2 aromatic carbocycles. The summed E-state index contributed by atoms with van der Waals surface area (Å²) in [6.45, 7) is 1.59. The molecule has 0 aliphatic rings. The van der Waals surface area contributed by atoms with Gasteiger partial charge in [-0.15, -0.1) is 0 Å². The highest BCUT2D eigenvalue weighted by molar-refractivity contribution is 5.76. The van der Waals surface area contributed by atoms with E-state index in [9.17, 15) is 0 Å². The van der Waals surface area contributed by atoms with Gasteiger partial charge in [0, 0.05) is 13.0 Å². The molecular weight excluding hydrogens is 274 g/mol. The van der Waals surface area contributed by atoms with E-state index in [-0.39, 0.29) is 0 Å². The molecule has 4 nitrogen and oxygen atoms in total. The first-order chi connectivity index (χ1) is 10.8. The van der Waals surface area contributed by atoms with Crippen molar-refractivity contribution in [3.63, 3.8) is 0 Å². The Balaban J connectivity index is 1.93. The highest BCUT2D eigenvalue weighted by atomic mass is 16.5. The highest BCUT2D eigenvalue weighted by Gasteiger charge is 2.10. The third-order valence-corrected chi connectivity index (χ3v) is 3.84. The Labute approximate surface area is 130 Å². The molecule has 0 aliphatic carbocycles. The van der Waals surface area contributed by atoms with Gasteiger partial charge in [-0.3, -0.25) is 0 Å². The summed E-state index contributed by atoms with van der Waals surface area (Å²) in [7, 11) is 1.68. The molecule has 0 saturated carbocycles. The van der Waals surface area contributed by atoms with E-state index in [0.29, 0.717) is 6.54 Å². The normalized spacial score (nSPS) is 11.0. The number of nitrogens with zero attached hydrogens (tertiary/aromatic N) is 2. The van der Waals surface area contributed by atoms with Crippen LogP contribution in [0.15, 0.2) is 48.5 Å². The molecule has 0 fully saturated rings. The molecule has 0 atom stereocenters. The Morgan fingerprint density at radius 2 is 1.86 bits per heavy atom. The van der Waals surface area contributed by atoms with Crippen molar-refractivity contribution in [3.05, 3.63) is 59.9 Å². The van der Waals surface area contributed by atoms with Crippen LogP contribution in [0.3, 0.4) is 0 Å². The van der Waals surface area contributed by atoms with Crippen LogP contribution in [0.5, 0.6) is 5.75 Å². The minimum absolute atomic E-state index is 0.689. The van der Waals surface area contributed by atoms with Crippen LogP contribution in [-0.4, -0.2) is 23.2 Å². The standard InChI is InChI=1S/C18H21N3O/c1-22-15-9-7-14(8-10-15)13-18-20-16-5-2-3-6-17(16)21(18)12-4-11-19/h2-3,5-10H,4,11-13,19H2,1H3. The van der Waals surface area contributed by atoms with E-state index in [0.717, 1.165) is 36.5 Å². The zero-order valence-electron chi connectivity index (χ0n) is 12.8. The summed E-state index contributed by atoms with van der Waals surface area (Å²) in [6.07, 6.45) is 1.76. The summed E-state index contributed by atoms with van der Waals surface area (Å²) in [5.74, 6) is 1.96. The highest BCUT2D eigenvalue weighted by Crippen LogP contribution is 2.20. The predicted octanol–water partition coefficient (Wildman–Crippen LogP) is 2.98. The first-order valence-electron chi connectivity index (χ1n) is 7.59. The number of benzene rings is 2. The summed E-state index contributed by atoms with van der Waals surface area (Å²) in [4.78, 5) is 4.79. The molecule has 0 bridgehead atoms. The molecule has 0 radical (unpaired) electrons. The predicted molar refractivity (Wildman–Crippen MR) is 89.2 cm³/mol. The van der Waals surface area contributed by atoms with Crippen LogP contribution in [-0.2, 0) is 13.0 Å². The van der Waals surface area contributed by atoms with Crippen LogP contribution in [0.25, 0.3) is 11.0 Å². The molecule has 3 rings (SSSR count). The van der Waals surface area contributed by atoms with Gasteiger partial charge in [0.2, 0.25) is 0 Å². The van der Waals surface area contributed by atoms with Gasteiger partial charge in [0.15, 0.2) is 0 Å². The number of hydrogen-bond donors (Lipinski definition) is 1. The maximum atomic E-state index is 5.68. The van der Waals surface area contributed by atoms with Gasteiger partial charge in [-0.1, -0.05) is 24.3 Å². The summed E-state index contributed by atoms with van der Waals surface area (Å²) < 4.78 is 7.49. The fourth-order valence-corrected chi connectivity index (χ4v) is 2.69. The fourth-order valence-electron chi connectivity index (χ4n) is 2.69. The average Bonchev–Trinajstić information content (AvgIpc) is 2.91.